The van der Waals surface area contributed by atoms with Crippen molar-refractivity contribution in [3.63, 3.8) is 0 Å². The summed E-state index contributed by atoms with van der Waals surface area (Å²) in [6.07, 6.45) is 1.48. The third kappa shape index (κ3) is 5.53. The molecule has 6 heteroatoms. The molecule has 3 aromatic carbocycles. The summed E-state index contributed by atoms with van der Waals surface area (Å²) >= 11 is 0. The summed E-state index contributed by atoms with van der Waals surface area (Å²) in [4.78, 5) is 0.176. The van der Waals surface area contributed by atoms with Gasteiger partial charge in [0.25, 0.3) is 0 Å². The molecule has 0 bridgehead atoms. The Labute approximate surface area is 172 Å². The van der Waals surface area contributed by atoms with Gasteiger partial charge < -0.3 is 5.21 Å². The molecule has 150 valence electrons. The Morgan fingerprint density at radius 3 is 2.03 bits per heavy atom. The second kappa shape index (κ2) is 9.03. The minimum absolute atomic E-state index is 0.0495. The van der Waals surface area contributed by atoms with Crippen LogP contribution in [0.2, 0.25) is 0 Å². The van der Waals surface area contributed by atoms with E-state index in [1.165, 1.54) is 6.21 Å². The van der Waals surface area contributed by atoms with E-state index in [9.17, 15) is 13.6 Å². The molecule has 5 nitrogen and oxygen atoms in total. The van der Waals surface area contributed by atoms with E-state index < -0.39 is 16.1 Å². The molecular weight excluding hydrogens is 384 g/mol. The monoisotopic (exact) mass is 408 g/mol. The lowest BCUT2D eigenvalue weighted by Gasteiger charge is -2.18. The number of hydrogen-bond donors (Lipinski definition) is 1. The van der Waals surface area contributed by atoms with Crippen molar-refractivity contribution in [2.45, 2.75) is 24.8 Å². The van der Waals surface area contributed by atoms with Crippen LogP contribution < -0.4 is 4.72 Å². The van der Waals surface area contributed by atoms with Crippen LogP contribution in [-0.4, -0.2) is 25.9 Å². The molecule has 0 saturated carbocycles. The molecule has 0 aliphatic carbocycles. The van der Waals surface area contributed by atoms with Gasteiger partial charge in [0, 0.05) is 11.1 Å². The van der Waals surface area contributed by atoms with Crippen LogP contribution in [0.3, 0.4) is 0 Å². The van der Waals surface area contributed by atoms with Gasteiger partial charge in [-0.2, -0.15) is 0 Å². The minimum Gasteiger partial charge on any atom is -0.623 e. The third-order valence-electron chi connectivity index (χ3n) is 4.64. The quantitative estimate of drug-likeness (QED) is 0.278. The predicted octanol–water partition coefficient (Wildman–Crippen LogP) is 3.95. The number of nitrogens with zero attached hydrogens (tertiary/aromatic N) is 1. The smallest absolute Gasteiger partial charge is 0.240 e. The van der Waals surface area contributed by atoms with Gasteiger partial charge in [0.1, 0.15) is 0 Å². The standard InChI is InChI=1S/C23H24N2O3S/c1-18-8-12-21(13-9-18)23(25(26)17-20-6-4-3-5-7-20)16-24-29(27,28)22-14-10-19(2)11-15-22/h3-15,17,23-24H,16H2,1-2H3/b25-17-. The van der Waals surface area contributed by atoms with E-state index >= 15 is 0 Å². The lowest BCUT2D eigenvalue weighted by Crippen LogP contribution is -2.32. The highest BCUT2D eigenvalue weighted by Gasteiger charge is 2.23. The molecular formula is C23H24N2O3S. The Balaban J connectivity index is 1.88. The lowest BCUT2D eigenvalue weighted by atomic mass is 10.1. The lowest BCUT2D eigenvalue weighted by molar-refractivity contribution is -0.500. The van der Waals surface area contributed by atoms with Crippen molar-refractivity contribution < 1.29 is 13.2 Å². The SMILES string of the molecule is Cc1ccc(C(CNS(=O)(=O)c2ccc(C)cc2)/[N+]([O-])=C/c2ccccc2)cc1. The van der Waals surface area contributed by atoms with E-state index in [0.717, 1.165) is 27.0 Å². The highest BCUT2D eigenvalue weighted by molar-refractivity contribution is 7.89. The number of aryl methyl sites for hydroxylation is 2. The zero-order chi connectivity index (χ0) is 20.9. The van der Waals surface area contributed by atoms with Crippen LogP contribution >= 0.6 is 0 Å². The van der Waals surface area contributed by atoms with Crippen LogP contribution in [0.25, 0.3) is 0 Å². The highest BCUT2D eigenvalue weighted by atomic mass is 32.2. The molecule has 0 aliphatic heterocycles. The number of hydrogen-bond acceptors (Lipinski definition) is 3. The topological polar surface area (TPSA) is 72.2 Å². The van der Waals surface area contributed by atoms with Gasteiger partial charge in [-0.25, -0.2) is 17.9 Å². The average Bonchev–Trinajstić information content (AvgIpc) is 2.70. The summed E-state index contributed by atoms with van der Waals surface area (Å²) < 4.78 is 28.7. The second-order valence-electron chi connectivity index (χ2n) is 6.99. The van der Waals surface area contributed by atoms with E-state index in [4.69, 9.17) is 0 Å². The Morgan fingerprint density at radius 2 is 1.45 bits per heavy atom. The molecule has 0 aromatic heterocycles. The summed E-state index contributed by atoms with van der Waals surface area (Å²) in [5, 5.41) is 12.9. The summed E-state index contributed by atoms with van der Waals surface area (Å²) in [5.74, 6) is 0. The normalized spacial score (nSPS) is 13.2. The second-order valence-corrected chi connectivity index (χ2v) is 8.76. The first-order chi connectivity index (χ1) is 13.8. The predicted molar refractivity (Wildman–Crippen MR) is 116 cm³/mol. The molecule has 1 atom stereocenters. The van der Waals surface area contributed by atoms with Gasteiger partial charge in [0.05, 0.1) is 11.4 Å². The molecule has 0 radical (unpaired) electrons. The van der Waals surface area contributed by atoms with Crippen LogP contribution in [0.4, 0.5) is 0 Å². The maximum Gasteiger partial charge on any atom is 0.240 e. The van der Waals surface area contributed by atoms with E-state index in [1.807, 2.05) is 68.4 Å². The molecule has 0 amide bonds. The Kier molecular flexibility index (Phi) is 6.46. The fourth-order valence-corrected chi connectivity index (χ4v) is 3.95. The third-order valence-corrected chi connectivity index (χ3v) is 6.08. The van der Waals surface area contributed by atoms with Crippen LogP contribution in [0, 0.1) is 19.1 Å². The highest BCUT2D eigenvalue weighted by Crippen LogP contribution is 2.19. The van der Waals surface area contributed by atoms with Crippen molar-refractivity contribution in [1.29, 1.82) is 0 Å². The molecule has 1 unspecified atom stereocenters. The van der Waals surface area contributed by atoms with Crippen LogP contribution in [-0.2, 0) is 10.0 Å². The van der Waals surface area contributed by atoms with Gasteiger partial charge >= 0.3 is 0 Å². The molecule has 0 heterocycles. The fourth-order valence-electron chi connectivity index (χ4n) is 2.91. The Hall–Kier alpha value is -2.96. The van der Waals surface area contributed by atoms with Gasteiger partial charge in [-0.15, -0.1) is 0 Å². The summed E-state index contributed by atoms with van der Waals surface area (Å²) in [6.45, 7) is 3.81. The molecule has 0 saturated heterocycles. The zero-order valence-electron chi connectivity index (χ0n) is 16.4. The fraction of sp³-hybridized carbons (Fsp3) is 0.174. The molecule has 29 heavy (non-hydrogen) atoms. The van der Waals surface area contributed by atoms with Crippen molar-refractivity contribution in [3.8, 4) is 0 Å². The maximum atomic E-state index is 12.9. The summed E-state index contributed by atoms with van der Waals surface area (Å²) in [6, 6.07) is 22.7. The minimum atomic E-state index is -3.72. The number of hydroxylamine groups is 1. The number of nitrogens with one attached hydrogen (secondary N) is 1. The van der Waals surface area contributed by atoms with E-state index in [-0.39, 0.29) is 11.4 Å². The summed E-state index contributed by atoms with van der Waals surface area (Å²) in [5.41, 5.74) is 3.53. The van der Waals surface area contributed by atoms with E-state index in [2.05, 4.69) is 4.72 Å². The van der Waals surface area contributed by atoms with Gasteiger partial charge in [0.15, 0.2) is 6.21 Å². The average molecular weight is 409 g/mol. The number of rotatable bonds is 7. The maximum absolute atomic E-state index is 12.9. The molecule has 0 aliphatic rings. The van der Waals surface area contributed by atoms with Gasteiger partial charge in [0.2, 0.25) is 16.1 Å². The number of benzene rings is 3. The molecule has 0 spiro atoms. The van der Waals surface area contributed by atoms with Gasteiger partial charge in [-0.3, -0.25) is 0 Å². The van der Waals surface area contributed by atoms with Crippen LogP contribution in [0.15, 0.2) is 83.8 Å². The van der Waals surface area contributed by atoms with Crippen molar-refractivity contribution in [2.75, 3.05) is 6.54 Å². The van der Waals surface area contributed by atoms with Crippen molar-refractivity contribution in [2.24, 2.45) is 0 Å². The Bertz CT molecular complexity index is 1080. The van der Waals surface area contributed by atoms with Crippen LogP contribution in [0.1, 0.15) is 28.3 Å². The zero-order valence-corrected chi connectivity index (χ0v) is 17.3. The molecule has 3 rings (SSSR count). The van der Waals surface area contributed by atoms with Gasteiger partial charge in [-0.1, -0.05) is 65.7 Å². The van der Waals surface area contributed by atoms with E-state index in [1.54, 1.807) is 24.3 Å². The largest absolute Gasteiger partial charge is 0.623 e. The first kappa shape index (κ1) is 20.8. The first-order valence-electron chi connectivity index (χ1n) is 9.33. The Morgan fingerprint density at radius 1 is 0.897 bits per heavy atom. The molecule has 0 fully saturated rings. The number of sulfonamides is 1. The van der Waals surface area contributed by atoms with Gasteiger partial charge in [-0.05, 0) is 38.1 Å². The van der Waals surface area contributed by atoms with E-state index in [0.29, 0.717) is 0 Å². The molecule has 3 aromatic rings. The van der Waals surface area contributed by atoms with Crippen LogP contribution in [0.5, 0.6) is 0 Å². The van der Waals surface area contributed by atoms with Crippen molar-refractivity contribution >= 4 is 16.2 Å². The van der Waals surface area contributed by atoms with Crippen molar-refractivity contribution in [3.05, 3.63) is 106 Å². The first-order valence-corrected chi connectivity index (χ1v) is 10.8. The summed E-state index contributed by atoms with van der Waals surface area (Å²) in [7, 11) is -3.72. The van der Waals surface area contributed by atoms with Crippen molar-refractivity contribution in [1.82, 2.24) is 4.72 Å². The molecule has 1 N–H and O–H groups in total.